The Bertz CT molecular complexity index is 636. The van der Waals surface area contributed by atoms with Crippen molar-refractivity contribution in [1.82, 2.24) is 20.1 Å². The molecule has 0 spiro atoms. The van der Waals surface area contributed by atoms with Gasteiger partial charge in [0.2, 0.25) is 0 Å². The van der Waals surface area contributed by atoms with Crippen LogP contribution in [0.2, 0.25) is 0 Å². The van der Waals surface area contributed by atoms with E-state index < -0.39 is 6.10 Å². The van der Waals surface area contributed by atoms with E-state index in [0.717, 1.165) is 36.3 Å². The Balaban J connectivity index is 1.69. The third kappa shape index (κ3) is 3.14. The Morgan fingerprint density at radius 3 is 3.00 bits per heavy atom. The molecule has 2 aromatic rings. The quantitative estimate of drug-likeness (QED) is 0.902. The number of hydrogen-bond donors (Lipinski definition) is 2. The van der Waals surface area contributed by atoms with Crippen molar-refractivity contribution in [2.75, 3.05) is 0 Å². The standard InChI is InChI=1S/C14H18N4O2S/c1-18-7-9(6-15-18)14-17-11(8-21-14)13(20)16-10-4-2-3-5-12(10)19/h6-8,10,12,19H,2-5H2,1H3,(H,16,20). The molecule has 2 aromatic heterocycles. The van der Waals surface area contributed by atoms with Crippen LogP contribution >= 0.6 is 11.3 Å². The van der Waals surface area contributed by atoms with E-state index in [1.54, 1.807) is 16.3 Å². The van der Waals surface area contributed by atoms with E-state index in [2.05, 4.69) is 15.4 Å². The number of nitrogens with one attached hydrogen (secondary N) is 1. The molecular formula is C14H18N4O2S. The van der Waals surface area contributed by atoms with Gasteiger partial charge in [-0.2, -0.15) is 5.10 Å². The molecular weight excluding hydrogens is 288 g/mol. The highest BCUT2D eigenvalue weighted by Gasteiger charge is 2.25. The summed E-state index contributed by atoms with van der Waals surface area (Å²) in [5, 5.41) is 19.4. The van der Waals surface area contributed by atoms with Gasteiger partial charge < -0.3 is 10.4 Å². The zero-order valence-corrected chi connectivity index (χ0v) is 12.6. The summed E-state index contributed by atoms with van der Waals surface area (Å²) in [5.74, 6) is -0.215. The monoisotopic (exact) mass is 306 g/mol. The first-order valence-corrected chi connectivity index (χ1v) is 7.95. The molecule has 112 valence electrons. The van der Waals surface area contributed by atoms with Crippen molar-refractivity contribution in [2.45, 2.75) is 37.8 Å². The molecule has 1 aliphatic rings. The molecule has 0 bridgehead atoms. The summed E-state index contributed by atoms with van der Waals surface area (Å²) in [6.07, 6.45) is 6.79. The van der Waals surface area contributed by atoms with Gasteiger partial charge in [0.25, 0.3) is 5.91 Å². The molecule has 3 rings (SSSR count). The largest absolute Gasteiger partial charge is 0.391 e. The van der Waals surface area contributed by atoms with Crippen LogP contribution in [0.25, 0.3) is 10.6 Å². The van der Waals surface area contributed by atoms with Gasteiger partial charge in [-0.05, 0) is 12.8 Å². The average molecular weight is 306 g/mol. The minimum absolute atomic E-state index is 0.158. The highest BCUT2D eigenvalue weighted by Crippen LogP contribution is 2.23. The predicted molar refractivity (Wildman–Crippen MR) is 80.0 cm³/mol. The van der Waals surface area contributed by atoms with E-state index in [9.17, 15) is 9.90 Å². The zero-order chi connectivity index (χ0) is 14.8. The van der Waals surface area contributed by atoms with Crippen LogP contribution in [-0.2, 0) is 7.05 Å². The van der Waals surface area contributed by atoms with Gasteiger partial charge in [0, 0.05) is 24.2 Å². The lowest BCUT2D eigenvalue weighted by atomic mass is 9.92. The van der Waals surface area contributed by atoms with Crippen LogP contribution in [0.4, 0.5) is 0 Å². The van der Waals surface area contributed by atoms with Crippen LogP contribution in [0.1, 0.15) is 36.2 Å². The summed E-state index contributed by atoms with van der Waals surface area (Å²) in [7, 11) is 1.84. The number of thiazole rings is 1. The van der Waals surface area contributed by atoms with E-state index in [1.807, 2.05) is 13.2 Å². The minimum atomic E-state index is -0.445. The van der Waals surface area contributed by atoms with Crippen LogP contribution in [0.5, 0.6) is 0 Å². The van der Waals surface area contributed by atoms with Crippen LogP contribution in [0, 0.1) is 0 Å². The lowest BCUT2D eigenvalue weighted by molar-refractivity contribution is 0.0714. The normalized spacial score (nSPS) is 22.2. The summed E-state index contributed by atoms with van der Waals surface area (Å²) < 4.78 is 1.70. The number of aliphatic hydroxyl groups is 1. The fourth-order valence-corrected chi connectivity index (χ4v) is 3.34. The van der Waals surface area contributed by atoms with Crippen molar-refractivity contribution in [3.63, 3.8) is 0 Å². The van der Waals surface area contributed by atoms with Crippen molar-refractivity contribution in [3.8, 4) is 10.6 Å². The number of aromatic nitrogens is 3. The van der Waals surface area contributed by atoms with Gasteiger partial charge >= 0.3 is 0 Å². The van der Waals surface area contributed by atoms with E-state index in [1.165, 1.54) is 11.3 Å². The van der Waals surface area contributed by atoms with Crippen molar-refractivity contribution in [1.29, 1.82) is 0 Å². The smallest absolute Gasteiger partial charge is 0.271 e. The predicted octanol–water partition coefficient (Wildman–Crippen LogP) is 1.58. The second-order valence-electron chi connectivity index (χ2n) is 5.37. The number of rotatable bonds is 3. The van der Waals surface area contributed by atoms with E-state index >= 15 is 0 Å². The van der Waals surface area contributed by atoms with Gasteiger partial charge in [-0.3, -0.25) is 9.48 Å². The Morgan fingerprint density at radius 1 is 1.48 bits per heavy atom. The summed E-state index contributed by atoms with van der Waals surface area (Å²) in [4.78, 5) is 16.6. The Hall–Kier alpha value is -1.73. The van der Waals surface area contributed by atoms with Crippen molar-refractivity contribution in [2.24, 2.45) is 7.05 Å². The third-order valence-corrected chi connectivity index (χ3v) is 4.63. The number of nitrogens with zero attached hydrogens (tertiary/aromatic N) is 3. The molecule has 6 nitrogen and oxygen atoms in total. The van der Waals surface area contributed by atoms with Crippen molar-refractivity contribution in [3.05, 3.63) is 23.5 Å². The number of amides is 1. The number of aryl methyl sites for hydroxylation is 1. The van der Waals surface area contributed by atoms with Crippen molar-refractivity contribution >= 4 is 17.2 Å². The summed E-state index contributed by atoms with van der Waals surface area (Å²) in [6, 6.07) is -0.158. The molecule has 0 aromatic carbocycles. The average Bonchev–Trinajstić information content (AvgIpc) is 3.10. The Kier molecular flexibility index (Phi) is 4.03. The molecule has 7 heteroatoms. The van der Waals surface area contributed by atoms with Crippen LogP contribution in [0.3, 0.4) is 0 Å². The molecule has 0 aliphatic heterocycles. The van der Waals surface area contributed by atoms with Gasteiger partial charge in [-0.25, -0.2) is 4.98 Å². The first-order chi connectivity index (χ1) is 10.1. The number of aliphatic hydroxyl groups excluding tert-OH is 1. The topological polar surface area (TPSA) is 80.0 Å². The first-order valence-electron chi connectivity index (χ1n) is 7.07. The maximum atomic E-state index is 12.2. The van der Waals surface area contributed by atoms with E-state index in [4.69, 9.17) is 0 Å². The lowest BCUT2D eigenvalue weighted by Gasteiger charge is -2.27. The summed E-state index contributed by atoms with van der Waals surface area (Å²) in [6.45, 7) is 0. The highest BCUT2D eigenvalue weighted by atomic mass is 32.1. The molecule has 2 heterocycles. The molecule has 0 saturated heterocycles. The highest BCUT2D eigenvalue weighted by molar-refractivity contribution is 7.13. The SMILES string of the molecule is Cn1cc(-c2nc(C(=O)NC3CCCCC3O)cs2)cn1. The van der Waals surface area contributed by atoms with Gasteiger partial charge in [0.05, 0.1) is 18.3 Å². The van der Waals surface area contributed by atoms with Gasteiger partial charge in [-0.1, -0.05) is 12.8 Å². The maximum Gasteiger partial charge on any atom is 0.271 e. The molecule has 21 heavy (non-hydrogen) atoms. The number of carbonyl (C=O) groups is 1. The third-order valence-electron chi connectivity index (χ3n) is 3.73. The van der Waals surface area contributed by atoms with Crippen LogP contribution in [0.15, 0.2) is 17.8 Å². The molecule has 2 unspecified atom stereocenters. The maximum absolute atomic E-state index is 12.2. The second kappa shape index (κ2) is 5.95. The van der Waals surface area contributed by atoms with Crippen molar-refractivity contribution < 1.29 is 9.90 Å². The van der Waals surface area contributed by atoms with Crippen LogP contribution in [-0.4, -0.2) is 37.9 Å². The summed E-state index contributed by atoms with van der Waals surface area (Å²) >= 11 is 1.42. The second-order valence-corrected chi connectivity index (χ2v) is 6.23. The molecule has 1 amide bonds. The zero-order valence-electron chi connectivity index (χ0n) is 11.8. The molecule has 1 saturated carbocycles. The van der Waals surface area contributed by atoms with Gasteiger partial charge in [0.1, 0.15) is 10.7 Å². The van der Waals surface area contributed by atoms with E-state index in [0.29, 0.717) is 5.69 Å². The number of carbonyl (C=O) groups excluding carboxylic acids is 1. The van der Waals surface area contributed by atoms with Gasteiger partial charge in [0.15, 0.2) is 0 Å². The Morgan fingerprint density at radius 2 is 2.29 bits per heavy atom. The molecule has 2 atom stereocenters. The first kappa shape index (κ1) is 14.2. The minimum Gasteiger partial charge on any atom is -0.391 e. The van der Waals surface area contributed by atoms with E-state index in [-0.39, 0.29) is 11.9 Å². The molecule has 1 aliphatic carbocycles. The molecule has 1 fully saturated rings. The summed E-state index contributed by atoms with van der Waals surface area (Å²) in [5.41, 5.74) is 1.30. The molecule has 0 radical (unpaired) electrons. The Labute approximate surface area is 126 Å². The number of hydrogen-bond acceptors (Lipinski definition) is 5. The lowest BCUT2D eigenvalue weighted by Crippen LogP contribution is -2.45. The van der Waals surface area contributed by atoms with Crippen LogP contribution < -0.4 is 5.32 Å². The van der Waals surface area contributed by atoms with Gasteiger partial charge in [-0.15, -0.1) is 11.3 Å². The fraction of sp³-hybridized carbons (Fsp3) is 0.500. The fourth-order valence-electron chi connectivity index (χ4n) is 2.56. The molecule has 2 N–H and O–H groups in total.